The Bertz CT molecular complexity index is 625. The number of anilines is 1. The number of esters is 3. The van der Waals surface area contributed by atoms with Crippen molar-refractivity contribution in [1.82, 2.24) is 0 Å². The van der Waals surface area contributed by atoms with Crippen LogP contribution in [0.3, 0.4) is 0 Å². The van der Waals surface area contributed by atoms with Crippen LogP contribution in [0.2, 0.25) is 0 Å². The first-order chi connectivity index (χ1) is 12.5. The van der Waals surface area contributed by atoms with Gasteiger partial charge in [-0.2, -0.15) is 0 Å². The van der Waals surface area contributed by atoms with Crippen LogP contribution >= 0.6 is 0 Å². The largest absolute Gasteiger partial charge is 0.465 e. The van der Waals surface area contributed by atoms with Gasteiger partial charge in [-0.25, -0.2) is 9.59 Å². The molecular weight excluding hydrogens is 338 g/mol. The minimum absolute atomic E-state index is 0.172. The number of ether oxygens (including phenoxy) is 3. The minimum Gasteiger partial charge on any atom is -0.465 e. The Hall–Kier alpha value is -2.83. The van der Waals surface area contributed by atoms with E-state index in [0.29, 0.717) is 11.3 Å². The molecule has 1 aromatic carbocycles. The molecule has 0 aromatic heterocycles. The van der Waals surface area contributed by atoms with Gasteiger partial charge >= 0.3 is 17.9 Å². The molecule has 1 rings (SSSR count). The Labute approximate surface area is 153 Å². The smallest absolute Gasteiger partial charge is 0.338 e. The first kappa shape index (κ1) is 21.2. The van der Waals surface area contributed by atoms with Gasteiger partial charge in [0, 0.05) is 5.69 Å². The maximum Gasteiger partial charge on any atom is 0.338 e. The summed E-state index contributed by atoms with van der Waals surface area (Å²) in [6, 6.07) is 5.36. The predicted molar refractivity (Wildman–Crippen MR) is 96.8 cm³/mol. The number of hydrogen-bond acceptors (Lipinski definition) is 7. The molecule has 0 fully saturated rings. The van der Waals surface area contributed by atoms with E-state index < -0.39 is 29.9 Å². The van der Waals surface area contributed by atoms with E-state index in [-0.39, 0.29) is 19.8 Å². The van der Waals surface area contributed by atoms with E-state index in [1.165, 1.54) is 6.08 Å². The van der Waals surface area contributed by atoms with Crippen LogP contribution in [-0.4, -0.2) is 43.8 Å². The van der Waals surface area contributed by atoms with Crippen molar-refractivity contribution in [3.8, 4) is 0 Å². The number of carbonyl (C=O) groups excluding carboxylic acids is 3. The molecule has 0 aliphatic carbocycles. The Morgan fingerprint density at radius 3 is 2.00 bits per heavy atom. The van der Waals surface area contributed by atoms with Gasteiger partial charge in [0.05, 0.1) is 25.4 Å². The van der Waals surface area contributed by atoms with Crippen molar-refractivity contribution in [1.29, 1.82) is 0 Å². The summed E-state index contributed by atoms with van der Waals surface area (Å²) in [5, 5.41) is 2.95. The van der Waals surface area contributed by atoms with E-state index in [1.54, 1.807) is 45.0 Å². The van der Waals surface area contributed by atoms with E-state index >= 15 is 0 Å². The third-order valence-electron chi connectivity index (χ3n) is 3.43. The van der Waals surface area contributed by atoms with Crippen LogP contribution < -0.4 is 5.32 Å². The van der Waals surface area contributed by atoms with E-state index in [4.69, 9.17) is 14.2 Å². The van der Waals surface area contributed by atoms with Gasteiger partial charge in [0.15, 0.2) is 0 Å². The van der Waals surface area contributed by atoms with Crippen LogP contribution in [0.1, 0.15) is 31.1 Å². The zero-order chi connectivity index (χ0) is 19.5. The van der Waals surface area contributed by atoms with Crippen molar-refractivity contribution in [2.24, 2.45) is 5.92 Å². The number of hydrogen-bond donors (Lipinski definition) is 1. The highest BCUT2D eigenvalue weighted by atomic mass is 16.5. The van der Waals surface area contributed by atoms with Gasteiger partial charge in [0.1, 0.15) is 12.0 Å². The van der Waals surface area contributed by atoms with E-state index in [9.17, 15) is 14.4 Å². The topological polar surface area (TPSA) is 90.9 Å². The SMILES string of the molecule is C=C[C@H](C(=O)OCC)[C@@H](Nc1ccc(C(=O)OCC)cc1)C(=O)OCC. The lowest BCUT2D eigenvalue weighted by Gasteiger charge is -2.23. The lowest BCUT2D eigenvalue weighted by molar-refractivity contribution is -0.153. The molecule has 0 unspecified atom stereocenters. The Morgan fingerprint density at radius 2 is 1.50 bits per heavy atom. The van der Waals surface area contributed by atoms with Gasteiger partial charge in [-0.15, -0.1) is 6.58 Å². The standard InChI is InChI=1S/C19H25NO6/c1-5-15(18(22)25-7-3)16(19(23)26-8-4)20-14-11-9-13(10-12-14)17(21)24-6-2/h5,9-12,15-16,20H,1,6-8H2,2-4H3/t15-,16+/m0/s1. The van der Waals surface area contributed by atoms with Crippen LogP contribution in [0.4, 0.5) is 5.69 Å². The van der Waals surface area contributed by atoms with Gasteiger partial charge in [-0.1, -0.05) is 6.08 Å². The number of nitrogens with one attached hydrogen (secondary N) is 1. The summed E-state index contributed by atoms with van der Waals surface area (Å²) in [7, 11) is 0. The maximum absolute atomic E-state index is 12.3. The van der Waals surface area contributed by atoms with Crippen molar-refractivity contribution in [3.63, 3.8) is 0 Å². The molecular formula is C19H25NO6. The highest BCUT2D eigenvalue weighted by molar-refractivity contribution is 5.90. The van der Waals surface area contributed by atoms with Gasteiger partial charge < -0.3 is 19.5 Å². The van der Waals surface area contributed by atoms with Crippen molar-refractivity contribution >= 4 is 23.6 Å². The first-order valence-electron chi connectivity index (χ1n) is 8.47. The summed E-state index contributed by atoms with van der Waals surface area (Å²) in [5.74, 6) is -2.52. The van der Waals surface area contributed by atoms with Crippen LogP contribution in [0.5, 0.6) is 0 Å². The van der Waals surface area contributed by atoms with Crippen molar-refractivity contribution in [3.05, 3.63) is 42.5 Å². The summed E-state index contributed by atoms with van der Waals surface area (Å²) in [5.41, 5.74) is 0.919. The number of carbonyl (C=O) groups is 3. The molecule has 0 saturated heterocycles. The van der Waals surface area contributed by atoms with Gasteiger partial charge in [0.2, 0.25) is 0 Å². The van der Waals surface area contributed by atoms with Crippen LogP contribution in [0.15, 0.2) is 36.9 Å². The van der Waals surface area contributed by atoms with Crippen molar-refractivity contribution < 1.29 is 28.6 Å². The van der Waals surface area contributed by atoms with Gasteiger partial charge in [-0.05, 0) is 45.0 Å². The van der Waals surface area contributed by atoms with Gasteiger partial charge in [-0.3, -0.25) is 4.79 Å². The fraction of sp³-hybridized carbons (Fsp3) is 0.421. The van der Waals surface area contributed by atoms with Crippen LogP contribution in [-0.2, 0) is 23.8 Å². The Kier molecular flexibility index (Phi) is 8.91. The number of benzene rings is 1. The highest BCUT2D eigenvalue weighted by Crippen LogP contribution is 2.18. The molecule has 0 heterocycles. The molecule has 0 saturated carbocycles. The van der Waals surface area contributed by atoms with Gasteiger partial charge in [0.25, 0.3) is 0 Å². The lowest BCUT2D eigenvalue weighted by atomic mass is 9.99. The van der Waals surface area contributed by atoms with E-state index in [1.807, 2.05) is 0 Å². The lowest BCUT2D eigenvalue weighted by Crippen LogP contribution is -2.42. The third-order valence-corrected chi connectivity index (χ3v) is 3.43. The second kappa shape index (κ2) is 10.9. The van der Waals surface area contributed by atoms with Crippen molar-refractivity contribution in [2.45, 2.75) is 26.8 Å². The molecule has 26 heavy (non-hydrogen) atoms. The summed E-state index contributed by atoms with van der Waals surface area (Å²) in [6.45, 7) is 9.34. The maximum atomic E-state index is 12.3. The summed E-state index contributed by atoms with van der Waals surface area (Å²) in [4.78, 5) is 36.1. The molecule has 0 aliphatic heterocycles. The average Bonchev–Trinajstić information content (AvgIpc) is 2.62. The molecule has 0 radical (unpaired) electrons. The fourth-order valence-electron chi connectivity index (χ4n) is 2.23. The fourth-order valence-corrected chi connectivity index (χ4v) is 2.23. The summed E-state index contributed by atoms with van der Waals surface area (Å²) < 4.78 is 15.0. The molecule has 7 heteroatoms. The first-order valence-corrected chi connectivity index (χ1v) is 8.47. The van der Waals surface area contributed by atoms with Crippen molar-refractivity contribution in [2.75, 3.05) is 25.1 Å². The third kappa shape index (κ3) is 5.91. The molecule has 2 atom stereocenters. The highest BCUT2D eigenvalue weighted by Gasteiger charge is 2.34. The molecule has 7 nitrogen and oxygen atoms in total. The van der Waals surface area contributed by atoms with Crippen LogP contribution in [0.25, 0.3) is 0 Å². The van der Waals surface area contributed by atoms with E-state index in [0.717, 1.165) is 0 Å². The molecule has 0 bridgehead atoms. The molecule has 0 amide bonds. The monoisotopic (exact) mass is 363 g/mol. The average molecular weight is 363 g/mol. The molecule has 1 aromatic rings. The minimum atomic E-state index is -1.00. The summed E-state index contributed by atoms with van der Waals surface area (Å²) >= 11 is 0. The molecule has 142 valence electrons. The zero-order valence-corrected chi connectivity index (χ0v) is 15.3. The van der Waals surface area contributed by atoms with Crippen LogP contribution in [0, 0.1) is 5.92 Å². The molecule has 1 N–H and O–H groups in total. The molecule has 0 spiro atoms. The summed E-state index contributed by atoms with van der Waals surface area (Å²) in [6.07, 6.45) is 1.35. The predicted octanol–water partition coefficient (Wildman–Crippen LogP) is 2.57. The quantitative estimate of drug-likeness (QED) is 0.388. The zero-order valence-electron chi connectivity index (χ0n) is 15.3. The van der Waals surface area contributed by atoms with E-state index in [2.05, 4.69) is 11.9 Å². The molecule has 0 aliphatic rings. The second-order valence-corrected chi connectivity index (χ2v) is 5.19. The normalized spacial score (nSPS) is 12.4. The Balaban J connectivity index is 3.01. The second-order valence-electron chi connectivity index (χ2n) is 5.19. The Morgan fingerprint density at radius 1 is 0.962 bits per heavy atom. The number of rotatable bonds is 10.